The first-order valence-corrected chi connectivity index (χ1v) is 9.24. The third-order valence-electron chi connectivity index (χ3n) is 3.78. The van der Waals surface area contributed by atoms with Crippen LogP contribution in [0.5, 0.6) is 0 Å². The number of carbonyl (C=O) groups excluding carboxylic acids is 1. The maximum atomic E-state index is 12.1. The van der Waals surface area contributed by atoms with Gasteiger partial charge in [0, 0.05) is 10.7 Å². The lowest BCUT2D eigenvalue weighted by atomic mass is 10.1. The third-order valence-corrected chi connectivity index (χ3v) is 4.31. The molecule has 2 aromatic heterocycles. The molecule has 0 aliphatic heterocycles. The quantitative estimate of drug-likeness (QED) is 0.620. The summed E-state index contributed by atoms with van der Waals surface area (Å²) in [7, 11) is 1.83. The van der Waals surface area contributed by atoms with Crippen molar-refractivity contribution in [2.45, 2.75) is 19.9 Å². The first-order valence-electron chi connectivity index (χ1n) is 8.45. The van der Waals surface area contributed by atoms with Crippen LogP contribution < -0.4 is 5.32 Å². The molecule has 3 aromatic rings. The minimum atomic E-state index is -0.146. The van der Waals surface area contributed by atoms with Crippen molar-refractivity contribution in [1.29, 1.82) is 0 Å². The second-order valence-electron chi connectivity index (χ2n) is 6.35. The second kappa shape index (κ2) is 8.88. The SMILES string of the molecule is Cc1ccc(NC(=O)CN(C)Cc2noc(Cc3ccc(Br)cc3)n2)nc1. The minimum absolute atomic E-state index is 0.146. The molecule has 8 heteroatoms. The maximum absolute atomic E-state index is 12.1. The molecule has 0 spiro atoms. The standard InChI is InChI=1S/C19H20BrN5O2/c1-13-3-8-16(21-10-13)22-18(26)12-25(2)11-17-23-19(27-24-17)9-14-4-6-15(20)7-5-14/h3-8,10H,9,11-12H2,1-2H3,(H,21,22,26). The Morgan fingerprint density at radius 3 is 2.70 bits per heavy atom. The molecule has 0 aliphatic carbocycles. The van der Waals surface area contributed by atoms with Gasteiger partial charge in [-0.2, -0.15) is 4.98 Å². The van der Waals surface area contributed by atoms with Gasteiger partial charge in [-0.3, -0.25) is 9.69 Å². The largest absolute Gasteiger partial charge is 0.339 e. The second-order valence-corrected chi connectivity index (χ2v) is 7.26. The van der Waals surface area contributed by atoms with Gasteiger partial charge in [-0.05, 0) is 43.3 Å². The molecule has 0 aliphatic rings. The van der Waals surface area contributed by atoms with Gasteiger partial charge in [0.25, 0.3) is 0 Å². The number of amides is 1. The molecule has 7 nitrogen and oxygen atoms in total. The molecule has 0 fully saturated rings. The average Bonchev–Trinajstić information content (AvgIpc) is 3.05. The number of anilines is 1. The van der Waals surface area contributed by atoms with Crippen molar-refractivity contribution in [3.63, 3.8) is 0 Å². The van der Waals surface area contributed by atoms with E-state index in [4.69, 9.17) is 4.52 Å². The number of aromatic nitrogens is 3. The van der Waals surface area contributed by atoms with Crippen molar-refractivity contribution in [2.75, 3.05) is 18.9 Å². The zero-order chi connectivity index (χ0) is 19.2. The van der Waals surface area contributed by atoms with Gasteiger partial charge < -0.3 is 9.84 Å². The smallest absolute Gasteiger partial charge is 0.239 e. The van der Waals surface area contributed by atoms with Crippen molar-refractivity contribution in [1.82, 2.24) is 20.0 Å². The van der Waals surface area contributed by atoms with Crippen molar-refractivity contribution in [3.8, 4) is 0 Å². The lowest BCUT2D eigenvalue weighted by Crippen LogP contribution is -2.30. The number of likely N-dealkylation sites (N-methyl/N-ethyl adjacent to an activating group) is 1. The van der Waals surface area contributed by atoms with Gasteiger partial charge in [-0.1, -0.05) is 39.3 Å². The fraction of sp³-hybridized carbons (Fsp3) is 0.263. The Morgan fingerprint density at radius 2 is 2.00 bits per heavy atom. The summed E-state index contributed by atoms with van der Waals surface area (Å²) < 4.78 is 6.33. The molecule has 3 rings (SSSR count). The Morgan fingerprint density at radius 1 is 1.22 bits per heavy atom. The van der Waals surface area contributed by atoms with Crippen molar-refractivity contribution >= 4 is 27.7 Å². The van der Waals surface area contributed by atoms with Crippen LogP contribution in [0.25, 0.3) is 0 Å². The molecular formula is C19H20BrN5O2. The van der Waals surface area contributed by atoms with Crippen LogP contribution in [0.1, 0.15) is 22.8 Å². The van der Waals surface area contributed by atoms with Crippen LogP contribution in [0.2, 0.25) is 0 Å². The lowest BCUT2D eigenvalue weighted by Gasteiger charge is -2.13. The zero-order valence-corrected chi connectivity index (χ0v) is 16.7. The monoisotopic (exact) mass is 429 g/mol. The summed E-state index contributed by atoms with van der Waals surface area (Å²) in [6, 6.07) is 11.6. The molecule has 0 saturated heterocycles. The van der Waals surface area contributed by atoms with E-state index < -0.39 is 0 Å². The average molecular weight is 430 g/mol. The number of aryl methyl sites for hydroxylation is 1. The molecule has 27 heavy (non-hydrogen) atoms. The highest BCUT2D eigenvalue weighted by atomic mass is 79.9. The van der Waals surface area contributed by atoms with E-state index in [1.54, 1.807) is 12.3 Å². The Bertz CT molecular complexity index is 893. The van der Waals surface area contributed by atoms with Gasteiger partial charge in [0.1, 0.15) is 5.82 Å². The van der Waals surface area contributed by atoms with Crippen LogP contribution in [0.3, 0.4) is 0 Å². The Balaban J connectivity index is 1.49. The first kappa shape index (κ1) is 19.2. The van der Waals surface area contributed by atoms with Crippen molar-refractivity contribution in [3.05, 3.63) is 69.9 Å². The number of hydrogen-bond acceptors (Lipinski definition) is 6. The third kappa shape index (κ3) is 5.97. The molecule has 0 bridgehead atoms. The van der Waals surface area contributed by atoms with Gasteiger partial charge in [-0.25, -0.2) is 4.98 Å². The van der Waals surface area contributed by atoms with Crippen LogP contribution in [0.4, 0.5) is 5.82 Å². The number of carbonyl (C=O) groups is 1. The van der Waals surface area contributed by atoms with Crippen LogP contribution >= 0.6 is 15.9 Å². The number of halogens is 1. The maximum Gasteiger partial charge on any atom is 0.239 e. The number of rotatable bonds is 7. The number of pyridine rings is 1. The lowest BCUT2D eigenvalue weighted by molar-refractivity contribution is -0.117. The van der Waals surface area contributed by atoms with E-state index in [-0.39, 0.29) is 12.5 Å². The van der Waals surface area contributed by atoms with E-state index in [1.165, 1.54) is 0 Å². The number of hydrogen-bond donors (Lipinski definition) is 1. The summed E-state index contributed by atoms with van der Waals surface area (Å²) in [6.45, 7) is 2.56. The van der Waals surface area contributed by atoms with Gasteiger partial charge >= 0.3 is 0 Å². The molecule has 1 aromatic carbocycles. The van der Waals surface area contributed by atoms with E-state index in [0.717, 1.165) is 15.6 Å². The van der Waals surface area contributed by atoms with Gasteiger partial charge in [0.05, 0.1) is 19.5 Å². The zero-order valence-electron chi connectivity index (χ0n) is 15.1. The van der Waals surface area contributed by atoms with Crippen molar-refractivity contribution < 1.29 is 9.32 Å². The van der Waals surface area contributed by atoms with E-state index in [0.29, 0.717) is 30.5 Å². The van der Waals surface area contributed by atoms with E-state index >= 15 is 0 Å². The molecule has 0 unspecified atom stereocenters. The summed E-state index contributed by atoms with van der Waals surface area (Å²) in [6.07, 6.45) is 2.29. The number of nitrogens with one attached hydrogen (secondary N) is 1. The highest BCUT2D eigenvalue weighted by Gasteiger charge is 2.12. The minimum Gasteiger partial charge on any atom is -0.339 e. The van der Waals surface area contributed by atoms with Crippen LogP contribution in [-0.2, 0) is 17.8 Å². The molecule has 1 amide bonds. The highest BCUT2D eigenvalue weighted by Crippen LogP contribution is 2.13. The summed E-state index contributed by atoms with van der Waals surface area (Å²) in [5, 5.41) is 6.76. The fourth-order valence-electron chi connectivity index (χ4n) is 2.47. The molecule has 0 saturated carbocycles. The van der Waals surface area contributed by atoms with E-state index in [9.17, 15) is 4.79 Å². The molecule has 0 radical (unpaired) electrons. The molecular weight excluding hydrogens is 410 g/mol. The first-order chi connectivity index (χ1) is 13.0. The summed E-state index contributed by atoms with van der Waals surface area (Å²) in [5.74, 6) is 1.49. The van der Waals surface area contributed by atoms with E-state index in [1.807, 2.05) is 49.2 Å². The summed E-state index contributed by atoms with van der Waals surface area (Å²) in [4.78, 5) is 22.5. The predicted octanol–water partition coefficient (Wildman–Crippen LogP) is 3.20. The molecule has 140 valence electrons. The molecule has 0 atom stereocenters. The van der Waals surface area contributed by atoms with Gasteiger partial charge in [-0.15, -0.1) is 0 Å². The molecule has 1 N–H and O–H groups in total. The van der Waals surface area contributed by atoms with Crippen molar-refractivity contribution in [2.24, 2.45) is 0 Å². The van der Waals surface area contributed by atoms with Gasteiger partial charge in [0.15, 0.2) is 5.82 Å². The Labute approximate surface area is 165 Å². The number of benzene rings is 1. The predicted molar refractivity (Wildman–Crippen MR) is 105 cm³/mol. The topological polar surface area (TPSA) is 84.2 Å². The van der Waals surface area contributed by atoms with Crippen LogP contribution in [0, 0.1) is 6.92 Å². The highest BCUT2D eigenvalue weighted by molar-refractivity contribution is 9.10. The fourth-order valence-corrected chi connectivity index (χ4v) is 2.73. The molecule has 2 heterocycles. The van der Waals surface area contributed by atoms with Crippen LogP contribution in [0.15, 0.2) is 51.6 Å². The summed E-state index contributed by atoms with van der Waals surface area (Å²) in [5.41, 5.74) is 2.13. The van der Waals surface area contributed by atoms with Crippen LogP contribution in [-0.4, -0.2) is 39.5 Å². The summed E-state index contributed by atoms with van der Waals surface area (Å²) >= 11 is 3.41. The number of nitrogens with zero attached hydrogens (tertiary/aromatic N) is 4. The Kier molecular flexibility index (Phi) is 6.31. The van der Waals surface area contributed by atoms with Gasteiger partial charge in [0.2, 0.25) is 11.8 Å². The Hall–Kier alpha value is -2.58. The normalized spacial score (nSPS) is 11.0. The van der Waals surface area contributed by atoms with E-state index in [2.05, 4.69) is 36.4 Å².